The highest BCUT2D eigenvalue weighted by atomic mass is 16.5. The summed E-state index contributed by atoms with van der Waals surface area (Å²) < 4.78 is 7.13. The first-order valence-electron chi connectivity index (χ1n) is 8.98. The van der Waals surface area contributed by atoms with E-state index in [0.717, 1.165) is 24.3 Å². The van der Waals surface area contributed by atoms with Crippen molar-refractivity contribution in [1.82, 2.24) is 25.2 Å². The summed E-state index contributed by atoms with van der Waals surface area (Å²) in [5.74, 6) is 1.62. The number of aliphatic hydroxyl groups is 1. The van der Waals surface area contributed by atoms with E-state index >= 15 is 0 Å². The summed E-state index contributed by atoms with van der Waals surface area (Å²) in [5, 5.41) is 22.2. The summed E-state index contributed by atoms with van der Waals surface area (Å²) in [6.45, 7) is 3.22. The molecule has 0 bridgehead atoms. The van der Waals surface area contributed by atoms with Gasteiger partial charge in [0.15, 0.2) is 5.82 Å². The highest BCUT2D eigenvalue weighted by molar-refractivity contribution is 5.30. The van der Waals surface area contributed by atoms with Crippen molar-refractivity contribution >= 4 is 0 Å². The maximum atomic E-state index is 10.3. The Balaban J connectivity index is 1.29. The lowest BCUT2D eigenvalue weighted by Gasteiger charge is -2.14. The maximum Gasteiger partial charge on any atom is 0.229 e. The molecule has 1 aliphatic carbocycles. The summed E-state index contributed by atoms with van der Waals surface area (Å²) in [4.78, 5) is 4.30. The minimum Gasteiger partial charge on any atom is -0.393 e. The second kappa shape index (κ2) is 7.39. The van der Waals surface area contributed by atoms with E-state index in [1.54, 1.807) is 0 Å². The monoisotopic (exact) mass is 353 g/mol. The molecule has 0 saturated heterocycles. The molecule has 2 N–H and O–H groups in total. The number of aromatic nitrogens is 4. The summed E-state index contributed by atoms with van der Waals surface area (Å²) in [6.07, 6.45) is 3.15. The summed E-state index contributed by atoms with van der Waals surface area (Å²) >= 11 is 0. The lowest BCUT2D eigenvalue weighted by molar-refractivity contribution is 0.130. The largest absolute Gasteiger partial charge is 0.393 e. The number of para-hydroxylation sites is 1. The minimum absolute atomic E-state index is 0.148. The number of nitrogens with one attached hydrogen (secondary N) is 1. The molecule has 3 aromatic rings. The molecular formula is C19H23N5O2. The van der Waals surface area contributed by atoms with Crippen LogP contribution in [0.3, 0.4) is 0 Å². The molecule has 26 heavy (non-hydrogen) atoms. The maximum absolute atomic E-state index is 10.3. The van der Waals surface area contributed by atoms with Crippen LogP contribution in [0.5, 0.6) is 0 Å². The van der Waals surface area contributed by atoms with Gasteiger partial charge in [0.25, 0.3) is 0 Å². The lowest BCUT2D eigenvalue weighted by atomic mass is 10.0. The van der Waals surface area contributed by atoms with Crippen LogP contribution in [0, 0.1) is 12.8 Å². The molecule has 1 aromatic carbocycles. The van der Waals surface area contributed by atoms with Crippen LogP contribution in [0.25, 0.3) is 5.69 Å². The van der Waals surface area contributed by atoms with Crippen molar-refractivity contribution in [3.05, 3.63) is 60.0 Å². The highest BCUT2D eigenvalue weighted by Crippen LogP contribution is 2.37. The third kappa shape index (κ3) is 3.68. The van der Waals surface area contributed by atoms with Gasteiger partial charge in [0, 0.05) is 25.2 Å². The van der Waals surface area contributed by atoms with Crippen LogP contribution in [0.15, 0.2) is 47.1 Å². The zero-order valence-electron chi connectivity index (χ0n) is 14.7. The fourth-order valence-electron chi connectivity index (χ4n) is 3.57. The van der Waals surface area contributed by atoms with E-state index in [-0.39, 0.29) is 17.9 Å². The van der Waals surface area contributed by atoms with Crippen molar-refractivity contribution in [2.45, 2.75) is 38.3 Å². The molecular weight excluding hydrogens is 330 g/mol. The molecule has 0 spiro atoms. The Morgan fingerprint density at radius 2 is 2.08 bits per heavy atom. The van der Waals surface area contributed by atoms with Gasteiger partial charge in [-0.3, -0.25) is 0 Å². The van der Waals surface area contributed by atoms with Crippen molar-refractivity contribution < 1.29 is 9.63 Å². The third-order valence-corrected chi connectivity index (χ3v) is 4.93. The number of aliphatic hydroxyl groups excluding tert-OH is 1. The van der Waals surface area contributed by atoms with Gasteiger partial charge in [-0.15, -0.1) is 0 Å². The van der Waals surface area contributed by atoms with E-state index < -0.39 is 0 Å². The van der Waals surface area contributed by atoms with Crippen LogP contribution >= 0.6 is 0 Å². The van der Waals surface area contributed by atoms with Crippen LogP contribution in [-0.4, -0.2) is 37.7 Å². The molecule has 4 rings (SSSR count). The summed E-state index contributed by atoms with van der Waals surface area (Å²) in [7, 11) is 0. The average Bonchev–Trinajstić information content (AvgIpc) is 3.37. The van der Waals surface area contributed by atoms with Gasteiger partial charge in [-0.2, -0.15) is 10.1 Å². The zero-order chi connectivity index (χ0) is 17.9. The molecule has 2 heterocycles. The fourth-order valence-corrected chi connectivity index (χ4v) is 3.57. The fraction of sp³-hybridized carbons (Fsp3) is 0.421. The van der Waals surface area contributed by atoms with Crippen LogP contribution < -0.4 is 5.32 Å². The van der Waals surface area contributed by atoms with E-state index in [1.165, 1.54) is 0 Å². The van der Waals surface area contributed by atoms with Crippen LogP contribution in [0.2, 0.25) is 0 Å². The van der Waals surface area contributed by atoms with Gasteiger partial charge in [-0.05, 0) is 43.9 Å². The Kier molecular flexibility index (Phi) is 4.81. The number of benzene rings is 1. The highest BCUT2D eigenvalue weighted by Gasteiger charge is 2.36. The third-order valence-electron chi connectivity index (χ3n) is 4.93. The van der Waals surface area contributed by atoms with Crippen LogP contribution in [0.4, 0.5) is 0 Å². The molecule has 1 saturated carbocycles. The molecule has 1 aliphatic rings. The molecule has 0 amide bonds. The molecule has 2 aromatic heterocycles. The predicted molar refractivity (Wildman–Crippen MR) is 95.8 cm³/mol. The minimum atomic E-state index is -0.346. The van der Waals surface area contributed by atoms with E-state index in [2.05, 4.69) is 20.6 Å². The Morgan fingerprint density at radius 1 is 1.23 bits per heavy atom. The predicted octanol–water partition coefficient (Wildman–Crippen LogP) is 2.21. The summed E-state index contributed by atoms with van der Waals surface area (Å²) in [5.41, 5.74) is 2.02. The van der Waals surface area contributed by atoms with Gasteiger partial charge in [-0.25, -0.2) is 4.68 Å². The number of hydrogen-bond acceptors (Lipinski definition) is 6. The Bertz CT molecular complexity index is 845. The van der Waals surface area contributed by atoms with Crippen molar-refractivity contribution in [2.24, 2.45) is 5.92 Å². The van der Waals surface area contributed by atoms with Crippen molar-refractivity contribution in [1.29, 1.82) is 0 Å². The second-order valence-electron chi connectivity index (χ2n) is 6.89. The Morgan fingerprint density at radius 3 is 2.85 bits per heavy atom. The molecule has 1 fully saturated rings. The van der Waals surface area contributed by atoms with E-state index in [9.17, 15) is 5.11 Å². The van der Waals surface area contributed by atoms with Crippen molar-refractivity contribution in [3.63, 3.8) is 0 Å². The summed E-state index contributed by atoms with van der Waals surface area (Å²) in [6, 6.07) is 12.0. The SMILES string of the molecule is Cc1noc([C@H]2C[C@H](CNCc3ccn(-c4ccccc4)n3)[C@H](O)C2)n1. The topological polar surface area (TPSA) is 89.0 Å². The van der Waals surface area contributed by atoms with Gasteiger partial charge in [0.1, 0.15) is 0 Å². The van der Waals surface area contributed by atoms with Gasteiger partial charge in [0.2, 0.25) is 5.89 Å². The molecule has 136 valence electrons. The van der Waals surface area contributed by atoms with Gasteiger partial charge < -0.3 is 14.9 Å². The first kappa shape index (κ1) is 16.9. The average molecular weight is 353 g/mol. The van der Waals surface area contributed by atoms with E-state index in [0.29, 0.717) is 24.7 Å². The molecule has 3 atom stereocenters. The molecule has 0 unspecified atom stereocenters. The van der Waals surface area contributed by atoms with E-state index in [4.69, 9.17) is 4.52 Å². The molecule has 0 radical (unpaired) electrons. The zero-order valence-corrected chi connectivity index (χ0v) is 14.7. The molecule has 7 heteroatoms. The van der Waals surface area contributed by atoms with Crippen molar-refractivity contribution in [3.8, 4) is 5.69 Å². The Hall–Kier alpha value is -2.51. The van der Waals surface area contributed by atoms with Crippen LogP contribution in [0.1, 0.15) is 36.2 Å². The first-order valence-corrected chi connectivity index (χ1v) is 8.98. The normalized spacial score (nSPS) is 22.8. The molecule has 0 aliphatic heterocycles. The Labute approximate surface area is 152 Å². The number of rotatable bonds is 6. The lowest BCUT2D eigenvalue weighted by Crippen LogP contribution is -2.27. The van der Waals surface area contributed by atoms with E-state index in [1.807, 2.05) is 54.2 Å². The molecule has 7 nitrogen and oxygen atoms in total. The number of nitrogens with zero attached hydrogens (tertiary/aromatic N) is 4. The second-order valence-corrected chi connectivity index (χ2v) is 6.89. The van der Waals surface area contributed by atoms with Gasteiger partial charge in [0.05, 0.1) is 17.5 Å². The van der Waals surface area contributed by atoms with Gasteiger partial charge in [-0.1, -0.05) is 23.4 Å². The van der Waals surface area contributed by atoms with Gasteiger partial charge >= 0.3 is 0 Å². The number of aryl methyl sites for hydroxylation is 1. The first-order chi connectivity index (χ1) is 12.7. The van der Waals surface area contributed by atoms with Crippen molar-refractivity contribution in [2.75, 3.05) is 6.54 Å². The number of hydrogen-bond donors (Lipinski definition) is 2. The van der Waals surface area contributed by atoms with Crippen LogP contribution in [-0.2, 0) is 6.54 Å². The smallest absolute Gasteiger partial charge is 0.229 e. The standard InChI is InChI=1S/C19H23N5O2/c1-13-21-19(26-23-13)14-9-15(18(25)10-14)11-20-12-16-7-8-24(22-16)17-5-3-2-4-6-17/h2-8,14-15,18,20,25H,9-12H2,1H3/t14-,15+,18+/m0/s1. The quantitative estimate of drug-likeness (QED) is 0.706.